The normalized spacial score (nSPS) is 11.1. The summed E-state index contributed by atoms with van der Waals surface area (Å²) in [7, 11) is 0. The average molecular weight is 414 g/mol. The third-order valence-corrected chi connectivity index (χ3v) is 4.88. The predicted octanol–water partition coefficient (Wildman–Crippen LogP) is 4.37. The molecule has 8 heteroatoms. The fourth-order valence-corrected chi connectivity index (χ4v) is 3.17. The maximum absolute atomic E-state index is 12.9. The van der Waals surface area contributed by atoms with E-state index in [-0.39, 0.29) is 18.8 Å². The third-order valence-electron chi connectivity index (χ3n) is 3.91. The van der Waals surface area contributed by atoms with E-state index in [1.54, 1.807) is 35.8 Å². The molecule has 136 valence electrons. The van der Waals surface area contributed by atoms with E-state index in [4.69, 9.17) is 39.5 Å². The van der Waals surface area contributed by atoms with Crippen molar-refractivity contribution in [2.24, 2.45) is 0 Å². The van der Waals surface area contributed by atoms with Crippen LogP contribution >= 0.6 is 34.8 Å². The van der Waals surface area contributed by atoms with Gasteiger partial charge in [-0.15, -0.1) is 0 Å². The van der Waals surface area contributed by atoms with Crippen molar-refractivity contribution in [2.75, 3.05) is 6.61 Å². The van der Waals surface area contributed by atoms with Crippen LogP contribution in [0.1, 0.15) is 12.5 Å². The van der Waals surface area contributed by atoms with Gasteiger partial charge < -0.3 is 4.74 Å². The summed E-state index contributed by atoms with van der Waals surface area (Å²) in [5, 5.41) is 1.25. The number of rotatable bonds is 5. The van der Waals surface area contributed by atoms with E-state index >= 15 is 0 Å². The molecule has 1 heterocycles. The zero-order valence-corrected chi connectivity index (χ0v) is 16.1. The van der Waals surface area contributed by atoms with E-state index in [0.29, 0.717) is 32.6 Å². The molecule has 0 saturated carbocycles. The molecule has 26 heavy (non-hydrogen) atoms. The third kappa shape index (κ3) is 3.75. The van der Waals surface area contributed by atoms with Crippen LogP contribution in [0.25, 0.3) is 11.0 Å². The molecule has 0 aliphatic heterocycles. The summed E-state index contributed by atoms with van der Waals surface area (Å²) in [6.45, 7) is 2.06. The zero-order chi connectivity index (χ0) is 18.8. The highest BCUT2D eigenvalue weighted by molar-refractivity contribution is 6.42. The Morgan fingerprint density at radius 2 is 1.58 bits per heavy atom. The summed E-state index contributed by atoms with van der Waals surface area (Å²) in [5.74, 6) is -0.494. The van der Waals surface area contributed by atoms with Crippen LogP contribution in [0.4, 0.5) is 0 Å². The number of nitrogens with zero attached hydrogens (tertiary/aromatic N) is 2. The number of imidazole rings is 1. The summed E-state index contributed by atoms with van der Waals surface area (Å²) in [5.41, 5.74) is 1.65. The van der Waals surface area contributed by atoms with Crippen molar-refractivity contribution in [3.05, 3.63) is 67.5 Å². The molecule has 0 aliphatic carbocycles. The van der Waals surface area contributed by atoms with Gasteiger partial charge in [-0.3, -0.25) is 13.9 Å². The topological polar surface area (TPSA) is 53.2 Å². The lowest BCUT2D eigenvalue weighted by Gasteiger charge is -2.04. The molecule has 0 atom stereocenters. The van der Waals surface area contributed by atoms with Gasteiger partial charge in [0.15, 0.2) is 0 Å². The van der Waals surface area contributed by atoms with Crippen LogP contribution < -0.4 is 5.69 Å². The number of aromatic nitrogens is 2. The van der Waals surface area contributed by atoms with Gasteiger partial charge in [0.1, 0.15) is 6.54 Å². The maximum atomic E-state index is 12.9. The first-order valence-electron chi connectivity index (χ1n) is 7.89. The van der Waals surface area contributed by atoms with Crippen LogP contribution in [0.3, 0.4) is 0 Å². The predicted molar refractivity (Wildman–Crippen MR) is 103 cm³/mol. The number of esters is 1. The quantitative estimate of drug-likeness (QED) is 0.584. The van der Waals surface area contributed by atoms with Crippen LogP contribution in [-0.2, 0) is 22.6 Å². The Hall–Kier alpha value is -1.95. The summed E-state index contributed by atoms with van der Waals surface area (Å²) < 4.78 is 7.84. The number of hydrogen-bond donors (Lipinski definition) is 0. The number of fused-ring (bicyclic) bond motifs is 1. The molecule has 0 saturated heterocycles. The Morgan fingerprint density at radius 1 is 1.00 bits per heavy atom. The first-order chi connectivity index (χ1) is 12.4. The molecule has 0 amide bonds. The van der Waals surface area contributed by atoms with Crippen molar-refractivity contribution >= 4 is 51.8 Å². The second kappa shape index (κ2) is 7.74. The van der Waals surface area contributed by atoms with Crippen LogP contribution in [0.15, 0.2) is 41.2 Å². The summed E-state index contributed by atoms with van der Waals surface area (Å²) in [6, 6.07) is 10.4. The molecule has 0 unspecified atom stereocenters. The molecule has 1 aromatic heterocycles. The highest BCUT2D eigenvalue weighted by atomic mass is 35.5. The SMILES string of the molecule is CCOC(=O)Cn1c(=O)n(Cc2ccc(Cl)cc2)c2cc(Cl)c(Cl)cc21. The minimum Gasteiger partial charge on any atom is -0.465 e. The van der Waals surface area contributed by atoms with E-state index in [1.807, 2.05) is 12.1 Å². The van der Waals surface area contributed by atoms with Crippen molar-refractivity contribution in [2.45, 2.75) is 20.0 Å². The highest BCUT2D eigenvalue weighted by Crippen LogP contribution is 2.28. The first-order valence-corrected chi connectivity index (χ1v) is 9.02. The molecule has 3 aromatic rings. The van der Waals surface area contributed by atoms with E-state index in [9.17, 15) is 9.59 Å². The van der Waals surface area contributed by atoms with E-state index in [0.717, 1.165) is 5.56 Å². The van der Waals surface area contributed by atoms with Crippen LogP contribution in [-0.4, -0.2) is 21.7 Å². The van der Waals surface area contributed by atoms with Gasteiger partial charge in [0.2, 0.25) is 0 Å². The largest absolute Gasteiger partial charge is 0.465 e. The molecule has 5 nitrogen and oxygen atoms in total. The molecule has 0 bridgehead atoms. The average Bonchev–Trinajstić information content (AvgIpc) is 2.83. The Kier molecular flexibility index (Phi) is 5.61. The number of benzene rings is 2. The van der Waals surface area contributed by atoms with Gasteiger partial charge in [0, 0.05) is 5.02 Å². The fourth-order valence-electron chi connectivity index (χ4n) is 2.72. The van der Waals surface area contributed by atoms with Crippen molar-refractivity contribution in [1.29, 1.82) is 0 Å². The molecule has 0 radical (unpaired) electrons. The van der Waals surface area contributed by atoms with E-state index in [1.165, 1.54) is 4.57 Å². The Labute approximate surface area is 164 Å². The summed E-state index contributed by atoms with van der Waals surface area (Å²) in [6.07, 6.45) is 0. The lowest BCUT2D eigenvalue weighted by molar-refractivity contribution is -0.143. The van der Waals surface area contributed by atoms with Gasteiger partial charge in [-0.1, -0.05) is 46.9 Å². The first kappa shape index (κ1) is 18.8. The van der Waals surface area contributed by atoms with Crippen LogP contribution in [0.2, 0.25) is 15.1 Å². The van der Waals surface area contributed by atoms with Crippen molar-refractivity contribution in [3.63, 3.8) is 0 Å². The van der Waals surface area contributed by atoms with E-state index < -0.39 is 5.97 Å². The molecular weight excluding hydrogens is 399 g/mol. The van der Waals surface area contributed by atoms with Crippen LogP contribution in [0, 0.1) is 0 Å². The molecule has 0 aliphatic rings. The number of hydrogen-bond acceptors (Lipinski definition) is 3. The van der Waals surface area contributed by atoms with E-state index in [2.05, 4.69) is 0 Å². The smallest absolute Gasteiger partial charge is 0.329 e. The van der Waals surface area contributed by atoms with Gasteiger partial charge in [0.25, 0.3) is 0 Å². The minimum atomic E-state index is -0.494. The Bertz CT molecular complexity index is 1020. The molecule has 0 spiro atoms. The Balaban J connectivity index is 2.13. The van der Waals surface area contributed by atoms with Crippen molar-refractivity contribution in [3.8, 4) is 0 Å². The Morgan fingerprint density at radius 3 is 2.15 bits per heavy atom. The number of carbonyl (C=O) groups is 1. The van der Waals surface area contributed by atoms with Gasteiger partial charge in [-0.25, -0.2) is 4.79 Å². The van der Waals surface area contributed by atoms with Gasteiger partial charge in [0.05, 0.1) is 34.2 Å². The molecular formula is C18H15Cl3N2O3. The highest BCUT2D eigenvalue weighted by Gasteiger charge is 2.18. The van der Waals surface area contributed by atoms with Crippen LogP contribution in [0.5, 0.6) is 0 Å². The van der Waals surface area contributed by atoms with Gasteiger partial charge in [-0.05, 0) is 36.8 Å². The zero-order valence-electron chi connectivity index (χ0n) is 13.8. The van der Waals surface area contributed by atoms with Crippen molar-refractivity contribution in [1.82, 2.24) is 9.13 Å². The number of halogens is 3. The fraction of sp³-hybridized carbons (Fsp3) is 0.222. The maximum Gasteiger partial charge on any atom is 0.329 e. The second-order valence-electron chi connectivity index (χ2n) is 5.64. The molecule has 3 rings (SSSR count). The molecule has 0 fully saturated rings. The lowest BCUT2D eigenvalue weighted by Crippen LogP contribution is -2.28. The monoisotopic (exact) mass is 412 g/mol. The summed E-state index contributed by atoms with van der Waals surface area (Å²) in [4.78, 5) is 24.8. The van der Waals surface area contributed by atoms with Gasteiger partial charge in [-0.2, -0.15) is 0 Å². The number of ether oxygens (including phenoxy) is 1. The van der Waals surface area contributed by atoms with Gasteiger partial charge >= 0.3 is 11.7 Å². The number of carbonyl (C=O) groups excluding carboxylic acids is 1. The second-order valence-corrected chi connectivity index (χ2v) is 6.89. The lowest BCUT2D eigenvalue weighted by atomic mass is 10.2. The molecule has 0 N–H and O–H groups in total. The van der Waals surface area contributed by atoms with Crippen molar-refractivity contribution < 1.29 is 9.53 Å². The minimum absolute atomic E-state index is 0.200. The summed E-state index contributed by atoms with van der Waals surface area (Å²) >= 11 is 18.2. The standard InChI is InChI=1S/C18H15Cl3N2O3/c1-2-26-17(24)10-23-16-8-14(21)13(20)7-15(16)22(18(23)25)9-11-3-5-12(19)6-4-11/h3-8H,2,9-10H2,1H3. The molecule has 2 aromatic carbocycles.